The number of allylic oxidation sites excluding steroid dienone is 28. The van der Waals surface area contributed by atoms with Crippen LogP contribution in [0.4, 0.5) is 0 Å². The van der Waals surface area contributed by atoms with E-state index in [-0.39, 0.29) is 37.5 Å². The molecule has 6 nitrogen and oxygen atoms in total. The van der Waals surface area contributed by atoms with Gasteiger partial charge in [0.05, 0.1) is 0 Å². The first-order valence-corrected chi connectivity index (χ1v) is 31.6. The van der Waals surface area contributed by atoms with Gasteiger partial charge in [-0.3, -0.25) is 14.4 Å². The minimum absolute atomic E-state index is 0.116. The summed E-state index contributed by atoms with van der Waals surface area (Å²) in [7, 11) is 0. The second-order valence-electron chi connectivity index (χ2n) is 20.2. The van der Waals surface area contributed by atoms with E-state index in [0.29, 0.717) is 19.3 Å². The molecular formula is C73H114O6. The van der Waals surface area contributed by atoms with Crippen LogP contribution >= 0.6 is 0 Å². The molecule has 0 fully saturated rings. The molecule has 0 aromatic rings. The smallest absolute Gasteiger partial charge is 0.306 e. The molecule has 1 unspecified atom stereocenters. The number of carbonyl (C=O) groups excluding carboxylic acids is 3. The Kier molecular flexibility index (Phi) is 61.0. The molecule has 0 saturated heterocycles. The summed E-state index contributed by atoms with van der Waals surface area (Å²) in [4.78, 5) is 38.3. The van der Waals surface area contributed by atoms with Crippen molar-refractivity contribution in [3.05, 3.63) is 170 Å². The van der Waals surface area contributed by atoms with E-state index in [1.807, 2.05) is 0 Å². The van der Waals surface area contributed by atoms with E-state index in [4.69, 9.17) is 14.2 Å². The van der Waals surface area contributed by atoms with Crippen LogP contribution in [0.2, 0.25) is 0 Å². The Balaban J connectivity index is 4.53. The molecule has 0 bridgehead atoms. The summed E-state index contributed by atoms with van der Waals surface area (Å²) in [6, 6.07) is 0. The fourth-order valence-corrected chi connectivity index (χ4v) is 8.01. The summed E-state index contributed by atoms with van der Waals surface area (Å²) < 4.78 is 16.9. The highest BCUT2D eigenvalue weighted by atomic mass is 16.6. The molecule has 79 heavy (non-hydrogen) atoms. The van der Waals surface area contributed by atoms with E-state index in [0.717, 1.165) is 167 Å². The summed E-state index contributed by atoms with van der Waals surface area (Å²) in [5.74, 6) is -0.993. The van der Waals surface area contributed by atoms with Gasteiger partial charge in [-0.05, 0) is 154 Å². The summed E-state index contributed by atoms with van der Waals surface area (Å²) >= 11 is 0. The molecule has 0 aliphatic carbocycles. The Labute approximate surface area is 485 Å². The normalized spacial score (nSPS) is 13.3. The quantitative estimate of drug-likeness (QED) is 0.0261. The van der Waals surface area contributed by atoms with Gasteiger partial charge < -0.3 is 14.2 Å². The maximum atomic E-state index is 12.9. The molecule has 0 aliphatic heterocycles. The van der Waals surface area contributed by atoms with Crippen LogP contribution in [0.15, 0.2) is 170 Å². The van der Waals surface area contributed by atoms with Crippen LogP contribution < -0.4 is 0 Å². The van der Waals surface area contributed by atoms with Crippen molar-refractivity contribution in [2.45, 2.75) is 258 Å². The standard InChI is InChI=1S/C73H114O6/c1-4-7-10-13-16-19-22-25-28-30-32-34-35-36-37-39-40-42-45-48-51-54-57-60-63-66-72(75)78-69-70(68-77-71(74)65-62-59-56-53-50-47-44-27-24-21-18-15-12-9-6-3)79-73(76)67-64-61-58-55-52-49-46-43-41-38-33-31-29-26-23-20-17-14-11-8-5-2/h7-8,10-11,16-21,25-29,32-34,36-38,40,42-44,46,52,55,70H,4-6,9,12-15,22-24,30-31,35,39,41,45,47-51,53-54,56-69H2,1-3H3/b10-7-,11-8-,19-16-,20-17-,21-18-,28-25-,29-26-,34-32-,37-36-,38-33-,42-40-,44-27-,46-43-,55-52-. The molecule has 0 amide bonds. The molecule has 6 heteroatoms. The van der Waals surface area contributed by atoms with Gasteiger partial charge in [0.15, 0.2) is 6.10 Å². The largest absolute Gasteiger partial charge is 0.462 e. The van der Waals surface area contributed by atoms with Gasteiger partial charge in [-0.15, -0.1) is 0 Å². The molecule has 0 spiro atoms. The third-order valence-corrected chi connectivity index (χ3v) is 12.7. The lowest BCUT2D eigenvalue weighted by atomic mass is 10.1. The predicted octanol–water partition coefficient (Wildman–Crippen LogP) is 21.9. The predicted molar refractivity (Wildman–Crippen MR) is 343 cm³/mol. The number of ether oxygens (including phenoxy) is 3. The third kappa shape index (κ3) is 63.5. The highest BCUT2D eigenvalue weighted by Crippen LogP contribution is 2.13. The van der Waals surface area contributed by atoms with Crippen LogP contribution in [0.3, 0.4) is 0 Å². The highest BCUT2D eigenvalue weighted by Gasteiger charge is 2.19. The molecule has 0 N–H and O–H groups in total. The molecule has 0 heterocycles. The first-order chi connectivity index (χ1) is 39.0. The molecule has 0 saturated carbocycles. The van der Waals surface area contributed by atoms with Crippen molar-refractivity contribution < 1.29 is 28.6 Å². The van der Waals surface area contributed by atoms with E-state index in [2.05, 4.69) is 191 Å². The van der Waals surface area contributed by atoms with Gasteiger partial charge in [0.2, 0.25) is 0 Å². The van der Waals surface area contributed by atoms with Crippen LogP contribution in [0.25, 0.3) is 0 Å². The third-order valence-electron chi connectivity index (χ3n) is 12.7. The first kappa shape index (κ1) is 73.8. The fraction of sp³-hybridized carbons (Fsp3) is 0.575. The minimum atomic E-state index is -0.825. The first-order valence-electron chi connectivity index (χ1n) is 31.6. The minimum Gasteiger partial charge on any atom is -0.462 e. The van der Waals surface area contributed by atoms with Crippen molar-refractivity contribution in [2.75, 3.05) is 13.2 Å². The van der Waals surface area contributed by atoms with Crippen molar-refractivity contribution in [1.29, 1.82) is 0 Å². The van der Waals surface area contributed by atoms with E-state index < -0.39 is 6.10 Å². The summed E-state index contributed by atoms with van der Waals surface area (Å²) in [6.07, 6.45) is 96.3. The van der Waals surface area contributed by atoms with E-state index >= 15 is 0 Å². The highest BCUT2D eigenvalue weighted by molar-refractivity contribution is 5.71. The van der Waals surface area contributed by atoms with Crippen LogP contribution in [0.5, 0.6) is 0 Å². The summed E-state index contributed by atoms with van der Waals surface area (Å²) in [6.45, 7) is 6.32. The van der Waals surface area contributed by atoms with Crippen LogP contribution in [0, 0.1) is 0 Å². The van der Waals surface area contributed by atoms with Gasteiger partial charge in [0.25, 0.3) is 0 Å². The average Bonchev–Trinajstić information content (AvgIpc) is 3.45. The fourth-order valence-electron chi connectivity index (χ4n) is 8.01. The van der Waals surface area contributed by atoms with Crippen LogP contribution in [0.1, 0.15) is 252 Å². The summed E-state index contributed by atoms with van der Waals surface area (Å²) in [5, 5.41) is 0. The van der Waals surface area contributed by atoms with Gasteiger partial charge in [0.1, 0.15) is 13.2 Å². The van der Waals surface area contributed by atoms with Crippen molar-refractivity contribution in [3.8, 4) is 0 Å². The van der Waals surface area contributed by atoms with Gasteiger partial charge in [-0.2, -0.15) is 0 Å². The van der Waals surface area contributed by atoms with E-state index in [1.54, 1.807) is 0 Å². The number of hydrogen-bond acceptors (Lipinski definition) is 6. The van der Waals surface area contributed by atoms with Crippen molar-refractivity contribution >= 4 is 17.9 Å². The van der Waals surface area contributed by atoms with Gasteiger partial charge in [0, 0.05) is 19.3 Å². The summed E-state index contributed by atoms with van der Waals surface area (Å²) in [5.41, 5.74) is 0. The van der Waals surface area contributed by atoms with E-state index in [9.17, 15) is 14.4 Å². The zero-order chi connectivity index (χ0) is 57.1. The van der Waals surface area contributed by atoms with E-state index in [1.165, 1.54) is 38.5 Å². The molecule has 0 radical (unpaired) electrons. The van der Waals surface area contributed by atoms with Gasteiger partial charge >= 0.3 is 17.9 Å². The Hall–Kier alpha value is -5.23. The second-order valence-corrected chi connectivity index (χ2v) is 20.2. The molecular weight excluding hydrogens is 973 g/mol. The van der Waals surface area contributed by atoms with Crippen molar-refractivity contribution in [2.24, 2.45) is 0 Å². The van der Waals surface area contributed by atoms with Crippen molar-refractivity contribution in [3.63, 3.8) is 0 Å². The molecule has 0 aliphatic rings. The number of carbonyl (C=O) groups is 3. The molecule has 0 aromatic carbocycles. The number of esters is 3. The SMILES string of the molecule is CC/C=C\C/C=C\C/C=C\C/C=C\C/C=C\C/C=C\CCCCCCCCC(=O)OCC(COC(=O)CCCCCCC/C=C\C/C=C\CCCCC)OC(=O)CCCC/C=C\C/C=C\C/C=C\C/C=C\C/C=C\C/C=C\CC. The molecule has 1 atom stereocenters. The topological polar surface area (TPSA) is 78.9 Å². The second kappa shape index (κ2) is 65.3. The number of unbranched alkanes of at least 4 members (excludes halogenated alkanes) is 16. The number of rotatable bonds is 55. The molecule has 0 rings (SSSR count). The monoisotopic (exact) mass is 1090 g/mol. The van der Waals surface area contributed by atoms with Gasteiger partial charge in [-0.1, -0.05) is 249 Å². The van der Waals surface area contributed by atoms with Crippen LogP contribution in [-0.4, -0.2) is 37.2 Å². The maximum Gasteiger partial charge on any atom is 0.306 e. The Morgan fingerprint density at radius 1 is 0.266 bits per heavy atom. The zero-order valence-corrected chi connectivity index (χ0v) is 50.6. The Morgan fingerprint density at radius 3 is 0.797 bits per heavy atom. The van der Waals surface area contributed by atoms with Crippen LogP contribution in [-0.2, 0) is 28.6 Å². The van der Waals surface area contributed by atoms with Crippen molar-refractivity contribution in [1.82, 2.24) is 0 Å². The lowest BCUT2D eigenvalue weighted by Gasteiger charge is -2.18. The zero-order valence-electron chi connectivity index (χ0n) is 50.6. The lowest BCUT2D eigenvalue weighted by molar-refractivity contribution is -0.167. The molecule has 442 valence electrons. The Bertz CT molecular complexity index is 1820. The number of hydrogen-bond donors (Lipinski definition) is 0. The average molecular weight is 1090 g/mol. The maximum absolute atomic E-state index is 12.9. The molecule has 0 aromatic heterocycles. The van der Waals surface area contributed by atoms with Gasteiger partial charge in [-0.25, -0.2) is 0 Å². The Morgan fingerprint density at radius 2 is 0.494 bits per heavy atom. The lowest BCUT2D eigenvalue weighted by Crippen LogP contribution is -2.30.